The predicted octanol–water partition coefficient (Wildman–Crippen LogP) is 1.31. The Morgan fingerprint density at radius 3 is 2.29 bits per heavy atom. The molecule has 1 aliphatic carbocycles. The van der Waals surface area contributed by atoms with Gasteiger partial charge in [0, 0.05) is 12.3 Å². The van der Waals surface area contributed by atoms with Gasteiger partial charge >= 0.3 is 5.97 Å². The van der Waals surface area contributed by atoms with E-state index in [1.807, 2.05) is 6.07 Å². The molecule has 1 aliphatic rings. The van der Waals surface area contributed by atoms with Gasteiger partial charge in [-0.25, -0.2) is 0 Å². The SMILES string of the molecule is COC(=O)C1C(=O)C(C(C)=O)C(=O)CC1c1ccccc1. The maximum Gasteiger partial charge on any atom is 0.316 e. The van der Waals surface area contributed by atoms with Crippen LogP contribution in [0.3, 0.4) is 0 Å². The van der Waals surface area contributed by atoms with Crippen LogP contribution in [0.2, 0.25) is 0 Å². The van der Waals surface area contributed by atoms with Crippen molar-refractivity contribution in [3.05, 3.63) is 35.9 Å². The summed E-state index contributed by atoms with van der Waals surface area (Å²) in [6, 6.07) is 8.87. The van der Waals surface area contributed by atoms with Gasteiger partial charge in [-0.05, 0) is 12.5 Å². The van der Waals surface area contributed by atoms with Crippen LogP contribution in [0.4, 0.5) is 0 Å². The second-order valence-corrected chi connectivity index (χ2v) is 5.13. The van der Waals surface area contributed by atoms with Gasteiger partial charge < -0.3 is 4.74 Å². The van der Waals surface area contributed by atoms with Gasteiger partial charge in [0.2, 0.25) is 0 Å². The average molecular weight is 288 g/mol. The maximum absolute atomic E-state index is 12.4. The molecule has 3 atom stereocenters. The van der Waals surface area contributed by atoms with Crippen molar-refractivity contribution in [3.63, 3.8) is 0 Å². The summed E-state index contributed by atoms with van der Waals surface area (Å²) in [5.41, 5.74) is 0.719. The average Bonchev–Trinajstić information content (AvgIpc) is 2.46. The fourth-order valence-corrected chi connectivity index (χ4v) is 2.83. The lowest BCUT2D eigenvalue weighted by atomic mass is 9.68. The molecule has 5 nitrogen and oxygen atoms in total. The zero-order valence-electron chi connectivity index (χ0n) is 11.9. The van der Waals surface area contributed by atoms with Crippen molar-refractivity contribution in [1.29, 1.82) is 0 Å². The van der Waals surface area contributed by atoms with Crippen LogP contribution in [0.1, 0.15) is 24.8 Å². The molecule has 0 bridgehead atoms. The van der Waals surface area contributed by atoms with E-state index in [0.717, 1.165) is 5.56 Å². The standard InChI is InChI=1S/C16H16O5/c1-9(17)13-12(18)8-11(10-6-4-3-5-7-10)14(15(13)19)16(20)21-2/h3-7,11,13-14H,8H2,1-2H3. The van der Waals surface area contributed by atoms with Crippen LogP contribution in [-0.4, -0.2) is 30.4 Å². The Balaban J connectivity index is 2.45. The number of Topliss-reactive ketones (excluding diaryl/α,β-unsaturated/α-hetero) is 3. The van der Waals surface area contributed by atoms with Gasteiger partial charge in [-0.1, -0.05) is 30.3 Å². The molecule has 0 amide bonds. The van der Waals surface area contributed by atoms with Crippen molar-refractivity contribution in [2.24, 2.45) is 11.8 Å². The van der Waals surface area contributed by atoms with Crippen LogP contribution in [0.15, 0.2) is 30.3 Å². The van der Waals surface area contributed by atoms with E-state index in [2.05, 4.69) is 0 Å². The molecule has 0 heterocycles. The van der Waals surface area contributed by atoms with E-state index in [4.69, 9.17) is 4.74 Å². The molecule has 0 saturated heterocycles. The number of hydrogen-bond donors (Lipinski definition) is 0. The van der Waals surface area contributed by atoms with E-state index in [0.29, 0.717) is 0 Å². The van der Waals surface area contributed by atoms with Crippen molar-refractivity contribution in [2.75, 3.05) is 7.11 Å². The van der Waals surface area contributed by atoms with Gasteiger partial charge in [0.1, 0.15) is 17.6 Å². The molecule has 110 valence electrons. The molecule has 2 rings (SSSR count). The van der Waals surface area contributed by atoms with Crippen LogP contribution >= 0.6 is 0 Å². The summed E-state index contributed by atoms with van der Waals surface area (Å²) in [7, 11) is 1.19. The summed E-state index contributed by atoms with van der Waals surface area (Å²) in [4.78, 5) is 48.0. The molecule has 5 heteroatoms. The van der Waals surface area contributed by atoms with Crippen molar-refractivity contribution >= 4 is 23.3 Å². The second-order valence-electron chi connectivity index (χ2n) is 5.13. The lowest BCUT2D eigenvalue weighted by molar-refractivity contribution is -0.155. The molecule has 0 spiro atoms. The van der Waals surface area contributed by atoms with Crippen LogP contribution < -0.4 is 0 Å². The minimum absolute atomic E-state index is 0.0141. The number of ether oxygens (including phenoxy) is 1. The first kappa shape index (κ1) is 15.1. The molecule has 0 radical (unpaired) electrons. The Morgan fingerprint density at radius 2 is 1.76 bits per heavy atom. The number of benzene rings is 1. The quantitative estimate of drug-likeness (QED) is 0.619. The first-order valence-corrected chi connectivity index (χ1v) is 6.67. The molecule has 21 heavy (non-hydrogen) atoms. The molecular formula is C16H16O5. The van der Waals surface area contributed by atoms with Crippen molar-refractivity contribution in [3.8, 4) is 0 Å². The molecule has 0 aliphatic heterocycles. The Morgan fingerprint density at radius 1 is 1.14 bits per heavy atom. The molecule has 0 aromatic heterocycles. The summed E-state index contributed by atoms with van der Waals surface area (Å²) in [5.74, 6) is -5.33. The summed E-state index contributed by atoms with van der Waals surface area (Å²) in [6.07, 6.45) is -0.0141. The van der Waals surface area contributed by atoms with Gasteiger partial charge in [0.15, 0.2) is 11.6 Å². The van der Waals surface area contributed by atoms with Gasteiger partial charge in [0.25, 0.3) is 0 Å². The number of esters is 1. The predicted molar refractivity (Wildman–Crippen MR) is 73.5 cm³/mol. The molecule has 0 N–H and O–H groups in total. The normalized spacial score (nSPS) is 25.5. The third-order valence-corrected chi connectivity index (χ3v) is 3.83. The zero-order valence-corrected chi connectivity index (χ0v) is 11.9. The Bertz CT molecular complexity index is 590. The van der Waals surface area contributed by atoms with Crippen molar-refractivity contribution < 1.29 is 23.9 Å². The van der Waals surface area contributed by atoms with Gasteiger partial charge in [-0.15, -0.1) is 0 Å². The summed E-state index contributed by atoms with van der Waals surface area (Å²) >= 11 is 0. The molecule has 1 saturated carbocycles. The minimum Gasteiger partial charge on any atom is -0.468 e. The molecule has 3 unspecified atom stereocenters. The monoisotopic (exact) mass is 288 g/mol. The number of hydrogen-bond acceptors (Lipinski definition) is 5. The number of ketones is 3. The number of methoxy groups -OCH3 is 1. The highest BCUT2D eigenvalue weighted by Gasteiger charge is 2.49. The van der Waals surface area contributed by atoms with E-state index in [1.165, 1.54) is 14.0 Å². The Kier molecular flexibility index (Phi) is 4.31. The fraction of sp³-hybridized carbons (Fsp3) is 0.375. The number of rotatable bonds is 3. The van der Waals surface area contributed by atoms with E-state index < -0.39 is 41.1 Å². The van der Waals surface area contributed by atoms with Gasteiger partial charge in [-0.3, -0.25) is 19.2 Å². The van der Waals surface area contributed by atoms with Gasteiger partial charge in [-0.2, -0.15) is 0 Å². The third-order valence-electron chi connectivity index (χ3n) is 3.83. The van der Waals surface area contributed by atoms with Crippen molar-refractivity contribution in [1.82, 2.24) is 0 Å². The zero-order chi connectivity index (χ0) is 15.6. The molecule has 1 fully saturated rings. The van der Waals surface area contributed by atoms with Crippen molar-refractivity contribution in [2.45, 2.75) is 19.3 Å². The first-order valence-electron chi connectivity index (χ1n) is 6.67. The van der Waals surface area contributed by atoms with E-state index in [9.17, 15) is 19.2 Å². The number of carbonyl (C=O) groups excluding carboxylic acids is 4. The summed E-state index contributed by atoms with van der Waals surface area (Å²) < 4.78 is 4.69. The summed E-state index contributed by atoms with van der Waals surface area (Å²) in [6.45, 7) is 1.19. The largest absolute Gasteiger partial charge is 0.468 e. The lowest BCUT2D eigenvalue weighted by Crippen LogP contribution is -2.46. The first-order chi connectivity index (χ1) is 9.97. The second kappa shape index (κ2) is 5.99. The smallest absolute Gasteiger partial charge is 0.316 e. The molecule has 1 aromatic rings. The molecule has 1 aromatic carbocycles. The van der Waals surface area contributed by atoms with E-state index in [-0.39, 0.29) is 6.42 Å². The van der Waals surface area contributed by atoms with Crippen LogP contribution in [-0.2, 0) is 23.9 Å². The third kappa shape index (κ3) is 2.77. The Hall–Kier alpha value is -2.30. The van der Waals surface area contributed by atoms with Crippen LogP contribution in [0, 0.1) is 11.8 Å². The maximum atomic E-state index is 12.4. The topological polar surface area (TPSA) is 77.5 Å². The van der Waals surface area contributed by atoms with Crippen LogP contribution in [0.25, 0.3) is 0 Å². The summed E-state index contributed by atoms with van der Waals surface area (Å²) in [5, 5.41) is 0. The van der Waals surface area contributed by atoms with E-state index in [1.54, 1.807) is 24.3 Å². The molecular weight excluding hydrogens is 272 g/mol. The lowest BCUT2D eigenvalue weighted by Gasteiger charge is -2.31. The highest BCUT2D eigenvalue weighted by Crippen LogP contribution is 2.37. The highest BCUT2D eigenvalue weighted by atomic mass is 16.5. The van der Waals surface area contributed by atoms with Gasteiger partial charge in [0.05, 0.1) is 7.11 Å². The van der Waals surface area contributed by atoms with Crippen LogP contribution in [0.5, 0.6) is 0 Å². The highest BCUT2D eigenvalue weighted by molar-refractivity contribution is 6.24. The number of carbonyl (C=O) groups is 4. The Labute approximate surface area is 122 Å². The fourth-order valence-electron chi connectivity index (χ4n) is 2.83. The minimum atomic E-state index is -1.34. The van der Waals surface area contributed by atoms with E-state index >= 15 is 0 Å².